The van der Waals surface area contributed by atoms with Gasteiger partial charge in [0, 0.05) is 11.6 Å². The van der Waals surface area contributed by atoms with Crippen molar-refractivity contribution in [1.29, 1.82) is 0 Å². The number of carbonyl (C=O) groups is 1. The van der Waals surface area contributed by atoms with Crippen molar-refractivity contribution in [3.05, 3.63) is 157 Å². The van der Waals surface area contributed by atoms with Gasteiger partial charge in [0.15, 0.2) is 13.5 Å². The number of nitrogens with one attached hydrogen (secondary N) is 1. The van der Waals surface area contributed by atoms with E-state index in [1.54, 1.807) is 0 Å². The van der Waals surface area contributed by atoms with E-state index in [2.05, 4.69) is 78.1 Å². The number of nitrogens with two attached hydrogens (primary N) is 1. The molecule has 4 aromatic carbocycles. The highest BCUT2D eigenvalue weighted by Gasteiger charge is 2.51. The number of benzene rings is 4. The van der Waals surface area contributed by atoms with Gasteiger partial charge in [-0.2, -0.15) is 0 Å². The first kappa shape index (κ1) is 29.6. The van der Waals surface area contributed by atoms with Crippen molar-refractivity contribution in [3.8, 4) is 0 Å². The molecule has 3 N–H and O–H groups in total. The lowest BCUT2D eigenvalue weighted by Gasteiger charge is -2.29. The fraction of sp³-hybridized carbons (Fsp3) is 0. The number of anilines is 1. The lowest BCUT2D eigenvalue weighted by molar-refractivity contribution is -0.552. The van der Waals surface area contributed by atoms with E-state index in [1.165, 1.54) is 0 Å². The summed E-state index contributed by atoms with van der Waals surface area (Å²) in [6.07, 6.45) is 3.87. The predicted molar refractivity (Wildman–Crippen MR) is 154 cm³/mol. The number of amides is 1. The molecule has 0 saturated heterocycles. The number of rotatable bonds is 7. The van der Waals surface area contributed by atoms with Crippen LogP contribution in [0.15, 0.2) is 151 Å². The standard InChI is InChI=1S/C32H26N3OP.2ClH/c33-30-23-13-14-24-35(30)25-31(34-32(36)26-15-5-1-6-16-26)37(27-17-7-2-8-18-27,28-19-9-3-10-20-28)29-21-11-4-12-22-29;;/h1-25,33H;2*1H/b31-25+;;. The molecule has 0 fully saturated rings. The minimum atomic E-state index is -2.57. The summed E-state index contributed by atoms with van der Waals surface area (Å²) in [5, 5.41) is 6.72. The summed E-state index contributed by atoms with van der Waals surface area (Å²) in [6, 6.07) is 46.2. The monoisotopic (exact) mass is 571 g/mol. The van der Waals surface area contributed by atoms with Crippen LogP contribution in [0.5, 0.6) is 0 Å². The molecule has 0 aliphatic rings. The predicted octanol–water partition coefficient (Wildman–Crippen LogP) is -1.26. The van der Waals surface area contributed by atoms with Crippen molar-refractivity contribution in [2.24, 2.45) is 0 Å². The Kier molecular flexibility index (Phi) is 10.4. The van der Waals surface area contributed by atoms with E-state index in [-0.39, 0.29) is 30.7 Å². The fourth-order valence-electron chi connectivity index (χ4n) is 4.52. The van der Waals surface area contributed by atoms with E-state index in [1.807, 2.05) is 83.7 Å². The lowest BCUT2D eigenvalue weighted by Crippen LogP contribution is -3.00. The van der Waals surface area contributed by atoms with Crippen LogP contribution in [0.2, 0.25) is 0 Å². The first-order chi connectivity index (χ1) is 18.2. The Balaban J connectivity index is 0.00000210. The Hall–Kier alpha value is -3.95. The summed E-state index contributed by atoms with van der Waals surface area (Å²) in [5.41, 5.74) is 7.76. The maximum Gasteiger partial charge on any atom is 0.277 e. The van der Waals surface area contributed by atoms with Gasteiger partial charge >= 0.3 is 0 Å². The third kappa shape index (κ3) is 6.21. The van der Waals surface area contributed by atoms with E-state index in [9.17, 15) is 4.79 Å². The van der Waals surface area contributed by atoms with Gasteiger partial charge in [-0.25, -0.2) is 4.57 Å². The smallest absolute Gasteiger partial charge is 0.277 e. The van der Waals surface area contributed by atoms with Crippen LogP contribution in [0.25, 0.3) is 6.20 Å². The molecular weight excluding hydrogens is 544 g/mol. The van der Waals surface area contributed by atoms with Gasteiger partial charge in [-0.3, -0.25) is 15.8 Å². The second kappa shape index (κ2) is 13.7. The average molecular weight is 572 g/mol. The normalized spacial score (nSPS) is 11.0. The van der Waals surface area contributed by atoms with E-state index in [0.29, 0.717) is 11.4 Å². The molecule has 5 aromatic rings. The maximum absolute atomic E-state index is 13.7. The van der Waals surface area contributed by atoms with Gasteiger partial charge in [0.2, 0.25) is 5.44 Å². The molecular formula is C32H28Cl2N3OP. The molecule has 1 aromatic heterocycles. The van der Waals surface area contributed by atoms with Gasteiger partial charge in [0.1, 0.15) is 15.9 Å². The van der Waals surface area contributed by atoms with Crippen molar-refractivity contribution >= 4 is 41.1 Å². The molecule has 0 atom stereocenters. The molecule has 1 heterocycles. The van der Waals surface area contributed by atoms with Crippen LogP contribution >= 0.6 is 7.26 Å². The highest BCUT2D eigenvalue weighted by atomic mass is 35.5. The summed E-state index contributed by atoms with van der Waals surface area (Å²) in [5.74, 6) is 0.398. The summed E-state index contributed by atoms with van der Waals surface area (Å²) < 4.78 is 1.87. The first-order valence-electron chi connectivity index (χ1n) is 12.1. The molecule has 0 saturated carbocycles. The van der Waals surface area contributed by atoms with Gasteiger partial charge in [-0.05, 0) is 54.6 Å². The van der Waals surface area contributed by atoms with Crippen molar-refractivity contribution < 1.29 is 34.2 Å². The summed E-state index contributed by atoms with van der Waals surface area (Å²) in [7, 11) is -2.57. The van der Waals surface area contributed by atoms with Crippen LogP contribution in [0.3, 0.4) is 0 Å². The van der Waals surface area contributed by atoms with E-state index in [4.69, 9.17) is 5.73 Å². The Bertz CT molecular complexity index is 1420. The number of aromatic nitrogens is 1. The third-order valence-electron chi connectivity index (χ3n) is 6.25. The Labute approximate surface area is 242 Å². The number of hydrogen-bond acceptors (Lipinski definition) is 2. The van der Waals surface area contributed by atoms with Crippen molar-refractivity contribution in [2.45, 2.75) is 0 Å². The number of carbonyl (C=O) groups excluding carboxylic acids is 1. The van der Waals surface area contributed by atoms with Gasteiger partial charge in [-0.1, -0.05) is 78.9 Å². The van der Waals surface area contributed by atoms with Crippen LogP contribution in [0.1, 0.15) is 10.4 Å². The fourth-order valence-corrected chi connectivity index (χ4v) is 8.67. The highest BCUT2D eigenvalue weighted by molar-refractivity contribution is 7.99. The minimum Gasteiger partial charge on any atom is -1.00 e. The number of halogens is 2. The Morgan fingerprint density at radius 2 is 1.03 bits per heavy atom. The molecule has 0 bridgehead atoms. The lowest BCUT2D eigenvalue weighted by atomic mass is 10.2. The van der Waals surface area contributed by atoms with E-state index in [0.717, 1.165) is 21.4 Å². The zero-order chi connectivity index (χ0) is 25.5. The summed E-state index contributed by atoms with van der Waals surface area (Å²) >= 11 is 0. The maximum atomic E-state index is 13.7. The number of nitrogens with zero attached hydrogens (tertiary/aromatic N) is 1. The largest absolute Gasteiger partial charge is 1.00 e. The molecule has 5 rings (SSSR count). The molecule has 196 valence electrons. The highest BCUT2D eigenvalue weighted by Crippen LogP contribution is 2.61. The van der Waals surface area contributed by atoms with Gasteiger partial charge in [-0.15, -0.1) is 0 Å². The zero-order valence-corrected chi connectivity index (χ0v) is 23.5. The van der Waals surface area contributed by atoms with Crippen LogP contribution in [-0.2, 0) is 0 Å². The molecule has 1 amide bonds. The molecule has 0 aliphatic carbocycles. The molecule has 0 unspecified atom stereocenters. The van der Waals surface area contributed by atoms with E-state index < -0.39 is 7.26 Å². The Morgan fingerprint density at radius 3 is 1.46 bits per heavy atom. The molecule has 4 nitrogen and oxygen atoms in total. The van der Waals surface area contributed by atoms with Crippen molar-refractivity contribution in [3.63, 3.8) is 0 Å². The van der Waals surface area contributed by atoms with Crippen molar-refractivity contribution in [2.75, 3.05) is 5.73 Å². The van der Waals surface area contributed by atoms with Gasteiger partial charge < -0.3 is 24.8 Å². The minimum absolute atomic E-state index is 0. The number of hydrogen-bond donors (Lipinski definition) is 2. The van der Waals surface area contributed by atoms with Crippen LogP contribution in [0, 0.1) is 0 Å². The summed E-state index contributed by atoms with van der Waals surface area (Å²) in [4.78, 5) is 13.7. The summed E-state index contributed by atoms with van der Waals surface area (Å²) in [6.45, 7) is 0. The SMILES string of the molecule is Nc1cccc[n+]1/C=C(\NC(=O)c1ccccc1)[P+](c1ccccc1)(c1ccccc1)c1ccccc1.[Cl-].[Cl-]. The number of pyridine rings is 1. The van der Waals surface area contributed by atoms with Crippen molar-refractivity contribution in [1.82, 2.24) is 5.32 Å². The number of nitrogen functional groups attached to an aromatic ring is 1. The van der Waals surface area contributed by atoms with Crippen LogP contribution in [-0.4, -0.2) is 5.91 Å². The van der Waals surface area contributed by atoms with Crippen LogP contribution < -0.4 is 56.3 Å². The van der Waals surface area contributed by atoms with E-state index >= 15 is 0 Å². The second-order valence-corrected chi connectivity index (χ2v) is 11.9. The molecule has 0 spiro atoms. The third-order valence-corrected chi connectivity index (χ3v) is 10.4. The quantitative estimate of drug-likeness (QED) is 0.189. The molecule has 0 radical (unpaired) electrons. The molecule has 39 heavy (non-hydrogen) atoms. The average Bonchev–Trinajstić information content (AvgIpc) is 2.97. The molecule has 7 heteroatoms. The van der Waals surface area contributed by atoms with Crippen LogP contribution in [0.4, 0.5) is 5.82 Å². The van der Waals surface area contributed by atoms with Gasteiger partial charge in [0.25, 0.3) is 11.7 Å². The Morgan fingerprint density at radius 1 is 0.615 bits per heavy atom. The first-order valence-corrected chi connectivity index (χ1v) is 13.9. The topological polar surface area (TPSA) is 59.0 Å². The molecule has 0 aliphatic heterocycles. The second-order valence-electron chi connectivity index (χ2n) is 8.54. The van der Waals surface area contributed by atoms with Gasteiger partial charge in [0.05, 0.1) is 6.20 Å². The zero-order valence-electron chi connectivity index (χ0n) is 21.1.